The van der Waals surface area contributed by atoms with Crippen molar-refractivity contribution >= 4 is 5.91 Å². The zero-order valence-corrected chi connectivity index (χ0v) is 39.4. The first-order valence-electron chi connectivity index (χ1n) is 25.4. The average Bonchev–Trinajstić information content (AvgIpc) is 3.27. The minimum Gasteiger partial charge on any atom is -0.394 e. The maximum Gasteiger partial charge on any atom is 0.249 e. The van der Waals surface area contributed by atoms with Gasteiger partial charge < -0.3 is 50.5 Å². The molecule has 1 aliphatic heterocycles. The summed E-state index contributed by atoms with van der Waals surface area (Å²) in [6.07, 6.45) is 36.2. The van der Waals surface area contributed by atoms with E-state index in [9.17, 15) is 40.5 Å². The van der Waals surface area contributed by atoms with Crippen LogP contribution in [0.3, 0.4) is 0 Å². The Labute approximate surface area is 377 Å². The number of aliphatic hydroxyl groups excluding tert-OH is 7. The van der Waals surface area contributed by atoms with Crippen LogP contribution in [0.4, 0.5) is 0 Å². The van der Waals surface area contributed by atoms with Gasteiger partial charge >= 0.3 is 0 Å². The number of hydrogen-bond acceptors (Lipinski definition) is 10. The van der Waals surface area contributed by atoms with Gasteiger partial charge in [-0.3, -0.25) is 4.79 Å². The number of unbranched alkanes of at least 4 members (excludes halogenated alkanes) is 24. The predicted molar refractivity (Wildman–Crippen MR) is 252 cm³/mol. The van der Waals surface area contributed by atoms with Gasteiger partial charge in [0.15, 0.2) is 6.29 Å². The molecule has 0 radical (unpaired) electrons. The van der Waals surface area contributed by atoms with E-state index in [1.165, 1.54) is 122 Å². The Morgan fingerprint density at radius 2 is 1.05 bits per heavy atom. The molecule has 364 valence electrons. The molecule has 1 saturated heterocycles. The highest BCUT2D eigenvalue weighted by molar-refractivity contribution is 5.80. The van der Waals surface area contributed by atoms with Crippen LogP contribution in [0.5, 0.6) is 0 Å². The Bertz CT molecular complexity index is 1100. The summed E-state index contributed by atoms with van der Waals surface area (Å²) in [5, 5.41) is 75.8. The van der Waals surface area contributed by atoms with Crippen molar-refractivity contribution in [2.45, 2.75) is 268 Å². The number of ether oxygens (including phenoxy) is 2. The highest BCUT2D eigenvalue weighted by atomic mass is 16.7. The number of carbonyl (C=O) groups is 1. The van der Waals surface area contributed by atoms with Gasteiger partial charge in [0, 0.05) is 0 Å². The van der Waals surface area contributed by atoms with Gasteiger partial charge in [-0.25, -0.2) is 0 Å². The van der Waals surface area contributed by atoms with Crippen LogP contribution in [0.2, 0.25) is 0 Å². The van der Waals surface area contributed by atoms with Gasteiger partial charge in [-0.15, -0.1) is 0 Å². The Morgan fingerprint density at radius 1 is 0.581 bits per heavy atom. The minimum atomic E-state index is -1.67. The normalized spacial score (nSPS) is 21.6. The quantitative estimate of drug-likeness (QED) is 0.0217. The fraction of sp³-hybridized carbons (Fsp3) is 0.863. The summed E-state index contributed by atoms with van der Waals surface area (Å²) in [6, 6.07) is -1.18. The first-order chi connectivity index (χ1) is 30.2. The molecule has 9 atom stereocenters. The van der Waals surface area contributed by atoms with E-state index in [2.05, 4.69) is 55.6 Å². The zero-order chi connectivity index (χ0) is 45.5. The molecule has 9 unspecified atom stereocenters. The number of rotatable bonds is 42. The standard InChI is InChI=1S/C51H95NO10/c1-3-5-7-9-11-13-15-17-19-20-21-22-23-25-27-29-31-33-35-37-39-44(55)50(60)52-42(41-61-51-49(59)48(58)47(57)45(40-53)62-51)46(56)43(54)38-36-34-32-30-28-26-24-18-16-14-12-10-8-6-4-2/h5,7,11,13,30,32,42-49,51,53-59H,3-4,6,8-10,12,14-29,31,33-41H2,1-2H3,(H,52,60)/b7-5-,13-11-,32-30+. The van der Waals surface area contributed by atoms with Crippen molar-refractivity contribution in [3.8, 4) is 0 Å². The second-order valence-electron chi connectivity index (χ2n) is 17.9. The van der Waals surface area contributed by atoms with E-state index in [0.717, 1.165) is 51.4 Å². The molecule has 0 bridgehead atoms. The van der Waals surface area contributed by atoms with Crippen LogP contribution in [-0.4, -0.2) is 110 Å². The molecule has 11 nitrogen and oxygen atoms in total. The molecular weight excluding hydrogens is 787 g/mol. The van der Waals surface area contributed by atoms with E-state index in [0.29, 0.717) is 12.8 Å². The number of amides is 1. The summed E-state index contributed by atoms with van der Waals surface area (Å²) in [4.78, 5) is 13.1. The third kappa shape index (κ3) is 29.7. The monoisotopic (exact) mass is 882 g/mol. The molecule has 1 rings (SSSR count). The average molecular weight is 882 g/mol. The van der Waals surface area contributed by atoms with E-state index >= 15 is 0 Å². The molecular formula is C51H95NO10. The third-order valence-electron chi connectivity index (χ3n) is 12.2. The molecule has 0 saturated carbocycles. The van der Waals surface area contributed by atoms with Gasteiger partial charge in [-0.1, -0.05) is 185 Å². The van der Waals surface area contributed by atoms with Crippen molar-refractivity contribution in [3.05, 3.63) is 36.5 Å². The van der Waals surface area contributed by atoms with E-state index in [1.54, 1.807) is 0 Å². The van der Waals surface area contributed by atoms with Crippen molar-refractivity contribution in [2.24, 2.45) is 0 Å². The first kappa shape index (κ1) is 58.3. The molecule has 62 heavy (non-hydrogen) atoms. The lowest BCUT2D eigenvalue weighted by atomic mass is 9.98. The van der Waals surface area contributed by atoms with Crippen LogP contribution in [0.1, 0.15) is 213 Å². The second kappa shape index (κ2) is 40.8. The molecule has 0 spiro atoms. The number of nitrogens with one attached hydrogen (secondary N) is 1. The fourth-order valence-electron chi connectivity index (χ4n) is 8.01. The lowest BCUT2D eigenvalue weighted by Crippen LogP contribution is -2.60. The molecule has 0 aromatic rings. The summed E-state index contributed by atoms with van der Waals surface area (Å²) in [6.45, 7) is 3.33. The maximum atomic E-state index is 13.1. The number of hydrogen-bond donors (Lipinski definition) is 8. The fourth-order valence-corrected chi connectivity index (χ4v) is 8.01. The topological polar surface area (TPSA) is 189 Å². The minimum absolute atomic E-state index is 0.253. The first-order valence-corrected chi connectivity index (χ1v) is 25.4. The molecule has 8 N–H and O–H groups in total. The van der Waals surface area contributed by atoms with Gasteiger partial charge in [-0.2, -0.15) is 0 Å². The summed E-state index contributed by atoms with van der Waals surface area (Å²) >= 11 is 0. The van der Waals surface area contributed by atoms with Crippen molar-refractivity contribution in [2.75, 3.05) is 13.2 Å². The Balaban J connectivity index is 2.40. The van der Waals surface area contributed by atoms with Crippen LogP contribution in [-0.2, 0) is 14.3 Å². The van der Waals surface area contributed by atoms with Gasteiger partial charge in [0.2, 0.25) is 5.91 Å². The summed E-state index contributed by atoms with van der Waals surface area (Å²) in [5.74, 6) is -0.708. The van der Waals surface area contributed by atoms with Gasteiger partial charge in [0.1, 0.15) is 36.6 Å². The van der Waals surface area contributed by atoms with Gasteiger partial charge in [-0.05, 0) is 64.2 Å². The smallest absolute Gasteiger partial charge is 0.249 e. The predicted octanol–water partition coefficient (Wildman–Crippen LogP) is 9.17. The van der Waals surface area contributed by atoms with Crippen molar-refractivity contribution in [1.82, 2.24) is 5.32 Å². The number of aliphatic hydroxyl groups is 7. The van der Waals surface area contributed by atoms with E-state index in [-0.39, 0.29) is 12.8 Å². The molecule has 0 aliphatic carbocycles. The number of allylic oxidation sites excluding steroid dienone is 6. The second-order valence-corrected chi connectivity index (χ2v) is 17.9. The van der Waals surface area contributed by atoms with Crippen LogP contribution < -0.4 is 5.32 Å². The lowest BCUT2D eigenvalue weighted by Gasteiger charge is -2.40. The highest BCUT2D eigenvalue weighted by Crippen LogP contribution is 2.23. The van der Waals surface area contributed by atoms with Crippen LogP contribution in [0.15, 0.2) is 36.5 Å². The largest absolute Gasteiger partial charge is 0.394 e. The molecule has 1 heterocycles. The lowest BCUT2D eigenvalue weighted by molar-refractivity contribution is -0.303. The molecule has 11 heteroatoms. The van der Waals surface area contributed by atoms with E-state index in [1.807, 2.05) is 0 Å². The van der Waals surface area contributed by atoms with Crippen LogP contribution in [0, 0.1) is 0 Å². The summed E-state index contributed by atoms with van der Waals surface area (Å²) < 4.78 is 11.1. The van der Waals surface area contributed by atoms with Gasteiger partial charge in [0.25, 0.3) is 0 Å². The SMILES string of the molecule is CC/C=C\C/C=C\CCCCCCCCCCCCCCCC(O)C(=O)NC(COC1OC(CO)C(O)C(O)C1O)C(O)C(O)CCC/C=C/CCCCCCCCCCCC. The van der Waals surface area contributed by atoms with E-state index < -0.39 is 74.2 Å². The van der Waals surface area contributed by atoms with Crippen molar-refractivity contribution < 1.29 is 50.0 Å². The number of carbonyl (C=O) groups excluding carboxylic acids is 1. The third-order valence-corrected chi connectivity index (χ3v) is 12.2. The summed E-state index contributed by atoms with van der Waals surface area (Å²) in [5.41, 5.74) is 0. The molecule has 1 aliphatic rings. The maximum absolute atomic E-state index is 13.1. The van der Waals surface area contributed by atoms with Crippen molar-refractivity contribution in [1.29, 1.82) is 0 Å². The molecule has 1 fully saturated rings. The highest BCUT2D eigenvalue weighted by Gasteiger charge is 2.44. The molecule has 1 amide bonds. The Hall–Kier alpha value is -1.67. The molecule has 0 aromatic heterocycles. The van der Waals surface area contributed by atoms with Crippen molar-refractivity contribution in [3.63, 3.8) is 0 Å². The van der Waals surface area contributed by atoms with E-state index in [4.69, 9.17) is 9.47 Å². The van der Waals surface area contributed by atoms with Gasteiger partial charge in [0.05, 0.1) is 25.4 Å². The zero-order valence-electron chi connectivity index (χ0n) is 39.4. The molecule has 0 aromatic carbocycles. The van der Waals surface area contributed by atoms with Crippen LogP contribution >= 0.6 is 0 Å². The Kier molecular flexibility index (Phi) is 38.4. The Morgan fingerprint density at radius 3 is 1.56 bits per heavy atom. The summed E-state index contributed by atoms with van der Waals surface area (Å²) in [7, 11) is 0. The van der Waals surface area contributed by atoms with Crippen LogP contribution in [0.25, 0.3) is 0 Å².